The van der Waals surface area contributed by atoms with Crippen LogP contribution in [0.1, 0.15) is 59.9 Å². The molecule has 5 nitrogen and oxygen atoms in total. The largest absolute Gasteiger partial charge is 0.336 e. The van der Waals surface area contributed by atoms with E-state index in [1.165, 1.54) is 12.8 Å². The summed E-state index contributed by atoms with van der Waals surface area (Å²) in [5.41, 5.74) is 3.63. The van der Waals surface area contributed by atoms with E-state index in [9.17, 15) is 9.59 Å². The molecule has 0 spiro atoms. The number of rotatable bonds is 6. The van der Waals surface area contributed by atoms with Gasteiger partial charge in [0.1, 0.15) is 5.82 Å². The van der Waals surface area contributed by atoms with Crippen molar-refractivity contribution in [1.29, 1.82) is 0 Å². The van der Waals surface area contributed by atoms with Gasteiger partial charge in [-0.15, -0.1) is 0 Å². The molecular formula is C27H29N3O2. The number of hydrogen-bond donors (Lipinski definition) is 0. The molecule has 2 aliphatic rings. The number of nitrogens with zero attached hydrogens (tertiary/aromatic N) is 3. The average Bonchev–Trinajstić information content (AvgIpc) is 3.65. The predicted molar refractivity (Wildman–Crippen MR) is 124 cm³/mol. The summed E-state index contributed by atoms with van der Waals surface area (Å²) in [6.45, 7) is 2.93. The van der Waals surface area contributed by atoms with Crippen LogP contribution in [-0.2, 0) is 17.8 Å². The highest BCUT2D eigenvalue weighted by molar-refractivity contribution is 5.76. The first kappa shape index (κ1) is 20.7. The van der Waals surface area contributed by atoms with Gasteiger partial charge in [-0.1, -0.05) is 73.5 Å². The molecule has 164 valence electrons. The van der Waals surface area contributed by atoms with Crippen molar-refractivity contribution in [3.05, 3.63) is 99.2 Å². The average molecular weight is 428 g/mol. The molecule has 2 aromatic carbocycles. The highest BCUT2D eigenvalue weighted by Crippen LogP contribution is 2.34. The fourth-order valence-electron chi connectivity index (χ4n) is 4.79. The van der Waals surface area contributed by atoms with Crippen LogP contribution in [0.5, 0.6) is 0 Å². The van der Waals surface area contributed by atoms with Crippen LogP contribution >= 0.6 is 0 Å². The Morgan fingerprint density at radius 2 is 1.66 bits per heavy atom. The summed E-state index contributed by atoms with van der Waals surface area (Å²) in [5.74, 6) is 1.62. The minimum atomic E-state index is -0.235. The highest BCUT2D eigenvalue weighted by Gasteiger charge is 2.29. The summed E-state index contributed by atoms with van der Waals surface area (Å²) in [6, 6.07) is 20.0. The van der Waals surface area contributed by atoms with Crippen LogP contribution in [0, 0.1) is 12.8 Å². The molecule has 1 aromatic heterocycles. The second-order valence-electron chi connectivity index (χ2n) is 9.03. The Morgan fingerprint density at radius 1 is 1.03 bits per heavy atom. The van der Waals surface area contributed by atoms with Crippen LogP contribution in [0.15, 0.2) is 65.5 Å². The molecule has 5 rings (SSSR count). The molecule has 5 heteroatoms. The van der Waals surface area contributed by atoms with Crippen LogP contribution in [-0.4, -0.2) is 26.9 Å². The van der Waals surface area contributed by atoms with E-state index in [1.807, 2.05) is 52.8 Å². The zero-order valence-corrected chi connectivity index (χ0v) is 18.5. The van der Waals surface area contributed by atoms with Crippen molar-refractivity contribution in [2.75, 3.05) is 6.54 Å². The van der Waals surface area contributed by atoms with Crippen molar-refractivity contribution < 1.29 is 4.79 Å². The molecule has 1 saturated carbocycles. The van der Waals surface area contributed by atoms with E-state index in [0.29, 0.717) is 31.8 Å². The molecule has 1 aliphatic carbocycles. The Labute approximate surface area is 188 Å². The summed E-state index contributed by atoms with van der Waals surface area (Å²) in [6.07, 6.45) is 4.69. The first-order valence-corrected chi connectivity index (χ1v) is 11.6. The van der Waals surface area contributed by atoms with E-state index in [4.69, 9.17) is 4.98 Å². The van der Waals surface area contributed by atoms with E-state index >= 15 is 0 Å². The fourth-order valence-corrected chi connectivity index (χ4v) is 4.79. The second-order valence-corrected chi connectivity index (χ2v) is 9.03. The van der Waals surface area contributed by atoms with Gasteiger partial charge in [0, 0.05) is 18.5 Å². The maximum absolute atomic E-state index is 13.7. The Morgan fingerprint density at radius 3 is 2.25 bits per heavy atom. The number of aryl methyl sites for hydroxylation is 1. The maximum Gasteiger partial charge on any atom is 0.257 e. The fraction of sp³-hybridized carbons (Fsp3) is 0.370. The molecule has 0 unspecified atom stereocenters. The first-order valence-electron chi connectivity index (χ1n) is 11.6. The topological polar surface area (TPSA) is 55.2 Å². The van der Waals surface area contributed by atoms with Gasteiger partial charge >= 0.3 is 0 Å². The van der Waals surface area contributed by atoms with Crippen LogP contribution < -0.4 is 5.56 Å². The number of amides is 1. The lowest BCUT2D eigenvalue weighted by molar-refractivity contribution is -0.132. The van der Waals surface area contributed by atoms with Crippen molar-refractivity contribution in [2.24, 2.45) is 5.92 Å². The van der Waals surface area contributed by atoms with E-state index in [2.05, 4.69) is 24.3 Å². The minimum absolute atomic E-state index is 0.00952. The summed E-state index contributed by atoms with van der Waals surface area (Å²) < 4.78 is 1.83. The standard InChI is InChI=1S/C27H29N3O2/c1-19-28-24-18-29(25(31)15-14-20-12-13-20)17-16-23(24)27(32)30(19)26(21-8-4-2-5-9-21)22-10-6-3-7-11-22/h2-11,20,26H,12-18H2,1H3. The lowest BCUT2D eigenvalue weighted by Crippen LogP contribution is -2.42. The zero-order valence-electron chi connectivity index (χ0n) is 18.5. The third kappa shape index (κ3) is 4.12. The molecule has 1 fully saturated rings. The molecule has 0 radical (unpaired) electrons. The lowest BCUT2D eigenvalue weighted by Gasteiger charge is -2.30. The number of carbonyl (C=O) groups excluding carboxylic acids is 1. The molecule has 0 atom stereocenters. The Hall–Kier alpha value is -3.21. The zero-order chi connectivity index (χ0) is 22.1. The normalized spacial score (nSPS) is 15.6. The lowest BCUT2D eigenvalue weighted by atomic mass is 9.97. The summed E-state index contributed by atoms with van der Waals surface area (Å²) >= 11 is 0. The van der Waals surface area contributed by atoms with Gasteiger partial charge in [0.15, 0.2) is 0 Å². The van der Waals surface area contributed by atoms with Crippen LogP contribution in [0.2, 0.25) is 0 Å². The molecule has 0 N–H and O–H groups in total. The number of carbonyl (C=O) groups is 1. The van der Waals surface area contributed by atoms with Gasteiger partial charge in [0.2, 0.25) is 5.91 Å². The van der Waals surface area contributed by atoms with Crippen LogP contribution in [0.3, 0.4) is 0 Å². The van der Waals surface area contributed by atoms with Gasteiger partial charge in [-0.05, 0) is 36.8 Å². The number of fused-ring (bicyclic) bond motifs is 1. The van der Waals surface area contributed by atoms with Gasteiger partial charge in [-0.3, -0.25) is 14.2 Å². The van der Waals surface area contributed by atoms with Crippen LogP contribution in [0.25, 0.3) is 0 Å². The van der Waals surface area contributed by atoms with E-state index in [0.717, 1.165) is 34.7 Å². The molecule has 2 heterocycles. The smallest absolute Gasteiger partial charge is 0.257 e. The number of hydrogen-bond acceptors (Lipinski definition) is 3. The highest BCUT2D eigenvalue weighted by atomic mass is 16.2. The Kier molecular flexibility index (Phi) is 5.64. The second kappa shape index (κ2) is 8.73. The molecular weight excluding hydrogens is 398 g/mol. The van der Waals surface area contributed by atoms with Crippen molar-refractivity contribution in [3.8, 4) is 0 Å². The van der Waals surface area contributed by atoms with Crippen molar-refractivity contribution >= 4 is 5.91 Å². The SMILES string of the molecule is Cc1nc2c(c(=O)n1C(c1ccccc1)c1ccccc1)CCN(C(=O)CCC1CC1)C2. The van der Waals surface area contributed by atoms with Gasteiger partial charge in [0.05, 0.1) is 18.3 Å². The maximum atomic E-state index is 13.7. The Balaban J connectivity index is 1.50. The van der Waals surface area contributed by atoms with Gasteiger partial charge in [-0.2, -0.15) is 0 Å². The van der Waals surface area contributed by atoms with Crippen molar-refractivity contribution in [2.45, 2.75) is 51.6 Å². The molecule has 3 aromatic rings. The van der Waals surface area contributed by atoms with E-state index in [-0.39, 0.29) is 17.5 Å². The molecule has 0 bridgehead atoms. The third-order valence-electron chi connectivity index (χ3n) is 6.75. The summed E-state index contributed by atoms with van der Waals surface area (Å²) in [7, 11) is 0. The van der Waals surface area contributed by atoms with Gasteiger partial charge in [-0.25, -0.2) is 4.98 Å². The van der Waals surface area contributed by atoms with Crippen molar-refractivity contribution in [1.82, 2.24) is 14.5 Å². The van der Waals surface area contributed by atoms with E-state index < -0.39 is 0 Å². The van der Waals surface area contributed by atoms with Gasteiger partial charge in [0.25, 0.3) is 5.56 Å². The number of aromatic nitrogens is 2. The van der Waals surface area contributed by atoms with Gasteiger partial charge < -0.3 is 4.90 Å². The molecule has 0 saturated heterocycles. The molecule has 1 amide bonds. The monoisotopic (exact) mass is 427 g/mol. The van der Waals surface area contributed by atoms with E-state index in [1.54, 1.807) is 0 Å². The molecule has 32 heavy (non-hydrogen) atoms. The third-order valence-corrected chi connectivity index (χ3v) is 6.75. The Bertz CT molecular complexity index is 1130. The first-order chi connectivity index (χ1) is 15.6. The van der Waals surface area contributed by atoms with Crippen LogP contribution in [0.4, 0.5) is 0 Å². The minimum Gasteiger partial charge on any atom is -0.336 e. The quantitative estimate of drug-likeness (QED) is 0.591. The van der Waals surface area contributed by atoms with Crippen molar-refractivity contribution in [3.63, 3.8) is 0 Å². The summed E-state index contributed by atoms with van der Waals surface area (Å²) in [5, 5.41) is 0. The summed E-state index contributed by atoms with van der Waals surface area (Å²) in [4.78, 5) is 33.1. The molecule has 1 aliphatic heterocycles. The predicted octanol–water partition coefficient (Wildman–Crippen LogP) is 4.26. The number of benzene rings is 2.